The number of nitro benzene ring substituents is 1. The molecule has 0 saturated heterocycles. The Morgan fingerprint density at radius 2 is 2.30 bits per heavy atom. The van der Waals surface area contributed by atoms with Crippen LogP contribution in [0, 0.1) is 16.7 Å². The third kappa shape index (κ3) is 2.61. The highest BCUT2D eigenvalue weighted by Gasteiger charge is 2.19. The maximum absolute atomic E-state index is 11.4. The fourth-order valence-corrected chi connectivity index (χ4v) is 3.37. The lowest BCUT2D eigenvalue weighted by molar-refractivity contribution is -0.383. The Bertz CT molecular complexity index is 913. The lowest BCUT2D eigenvalue weighted by Gasteiger charge is -2.03. The molecule has 23 heavy (non-hydrogen) atoms. The number of nitrogens with one attached hydrogen (secondary N) is 1. The fourth-order valence-electron chi connectivity index (χ4n) is 2.65. The van der Waals surface area contributed by atoms with Crippen LogP contribution in [-0.4, -0.2) is 30.3 Å². The van der Waals surface area contributed by atoms with E-state index >= 15 is 0 Å². The van der Waals surface area contributed by atoms with E-state index in [1.54, 1.807) is 30.4 Å². The predicted molar refractivity (Wildman–Crippen MR) is 89.6 cm³/mol. The van der Waals surface area contributed by atoms with Crippen LogP contribution in [-0.2, 0) is 6.54 Å². The van der Waals surface area contributed by atoms with E-state index in [1.165, 1.54) is 0 Å². The Balaban J connectivity index is 1.82. The normalized spacial score (nSPS) is 14.3. The smallest absolute Gasteiger partial charge is 0.293 e. The van der Waals surface area contributed by atoms with Gasteiger partial charge >= 0.3 is 0 Å². The summed E-state index contributed by atoms with van der Waals surface area (Å²) in [6.45, 7) is 2.38. The molecule has 1 aliphatic rings. The lowest BCUT2D eigenvalue weighted by Crippen LogP contribution is -1.98. The van der Waals surface area contributed by atoms with Crippen molar-refractivity contribution in [3.63, 3.8) is 0 Å². The number of aromatic amines is 1. The van der Waals surface area contributed by atoms with Crippen molar-refractivity contribution >= 4 is 33.4 Å². The summed E-state index contributed by atoms with van der Waals surface area (Å²) in [5.41, 5.74) is 2.30. The average molecular weight is 326 g/mol. The molecule has 0 atom stereocenters. The summed E-state index contributed by atoms with van der Waals surface area (Å²) in [6, 6.07) is 5.50. The highest BCUT2D eigenvalue weighted by Crippen LogP contribution is 2.30. The third-order valence-electron chi connectivity index (χ3n) is 3.62. The summed E-state index contributed by atoms with van der Waals surface area (Å²) < 4.78 is 1.88. The number of hydrogen-bond donors (Lipinski definition) is 1. The van der Waals surface area contributed by atoms with Crippen molar-refractivity contribution in [2.45, 2.75) is 6.54 Å². The number of nitrogens with zero attached hydrogens (tertiary/aromatic N) is 4. The molecular formula is C15H12N5O2S. The van der Waals surface area contributed by atoms with Gasteiger partial charge in [-0.3, -0.25) is 15.1 Å². The average Bonchev–Trinajstić information content (AvgIpc) is 3.27. The van der Waals surface area contributed by atoms with E-state index in [2.05, 4.69) is 15.0 Å². The molecule has 8 heteroatoms. The minimum absolute atomic E-state index is 0.0800. The first-order valence-electron chi connectivity index (χ1n) is 6.99. The molecule has 0 saturated carbocycles. The van der Waals surface area contributed by atoms with E-state index in [9.17, 15) is 10.1 Å². The van der Waals surface area contributed by atoms with Crippen molar-refractivity contribution in [2.75, 3.05) is 5.75 Å². The first-order valence-corrected chi connectivity index (χ1v) is 7.98. The van der Waals surface area contributed by atoms with Crippen LogP contribution in [0.2, 0.25) is 0 Å². The molecule has 4 rings (SSSR count). The van der Waals surface area contributed by atoms with Crippen LogP contribution < -0.4 is 0 Å². The van der Waals surface area contributed by atoms with Crippen LogP contribution in [0.3, 0.4) is 0 Å². The zero-order chi connectivity index (χ0) is 15.8. The van der Waals surface area contributed by atoms with Crippen LogP contribution in [0.25, 0.3) is 10.9 Å². The summed E-state index contributed by atoms with van der Waals surface area (Å²) in [4.78, 5) is 22.5. The third-order valence-corrected chi connectivity index (χ3v) is 4.54. The first-order chi connectivity index (χ1) is 11.2. The van der Waals surface area contributed by atoms with Gasteiger partial charge in [-0.25, -0.2) is 4.98 Å². The lowest BCUT2D eigenvalue weighted by atomic mass is 10.1. The molecule has 0 unspecified atom stereocenters. The maximum atomic E-state index is 11.4. The van der Waals surface area contributed by atoms with Crippen LogP contribution in [0.5, 0.6) is 0 Å². The monoisotopic (exact) mass is 326 g/mol. The summed E-state index contributed by atoms with van der Waals surface area (Å²) >= 11 is 1.61. The molecule has 1 radical (unpaired) electrons. The predicted octanol–water partition coefficient (Wildman–Crippen LogP) is 2.98. The van der Waals surface area contributed by atoms with Gasteiger partial charge in [-0.1, -0.05) is 0 Å². The van der Waals surface area contributed by atoms with Gasteiger partial charge in [0.25, 0.3) is 5.69 Å². The van der Waals surface area contributed by atoms with Gasteiger partial charge in [-0.15, -0.1) is 11.8 Å². The van der Waals surface area contributed by atoms with Crippen molar-refractivity contribution < 1.29 is 4.92 Å². The maximum Gasteiger partial charge on any atom is 0.293 e. The standard InChI is InChI=1S/C15H12N5O2S/c21-20(22)13-6-10(8-19-3-1-16-9-19)5-11-7-12(18-14(11)13)15-17-2-4-23-15/h1-3,5-7,9,18H,4,8H2. The summed E-state index contributed by atoms with van der Waals surface area (Å²) in [6.07, 6.45) is 5.21. The van der Waals surface area contributed by atoms with Gasteiger partial charge in [0.2, 0.25) is 0 Å². The number of H-pyrrole nitrogens is 1. The van der Waals surface area contributed by atoms with E-state index in [1.807, 2.05) is 29.4 Å². The molecule has 115 valence electrons. The SMILES string of the molecule is O=[N+]([O-])c1cc(Cn2ccnc2)cc2cc(C3=N[CH]CS3)[nH]c12. The Morgan fingerprint density at radius 1 is 1.39 bits per heavy atom. The minimum atomic E-state index is -0.351. The van der Waals surface area contributed by atoms with E-state index in [-0.39, 0.29) is 10.6 Å². The van der Waals surface area contributed by atoms with Crippen LogP contribution in [0.4, 0.5) is 5.69 Å². The van der Waals surface area contributed by atoms with Gasteiger partial charge in [0.05, 0.1) is 23.5 Å². The van der Waals surface area contributed by atoms with E-state index in [0.717, 1.165) is 27.4 Å². The Kier molecular flexibility index (Phi) is 3.38. The second-order valence-corrected chi connectivity index (χ2v) is 6.19. The second kappa shape index (κ2) is 5.54. The topological polar surface area (TPSA) is 89.1 Å². The molecule has 1 aromatic carbocycles. The second-order valence-electron chi connectivity index (χ2n) is 5.18. The number of benzene rings is 1. The van der Waals surface area contributed by atoms with Gasteiger partial charge in [0.1, 0.15) is 10.6 Å². The van der Waals surface area contributed by atoms with Gasteiger partial charge in [0.15, 0.2) is 0 Å². The number of nitro groups is 1. The number of aliphatic imine (C=N–C) groups is 1. The van der Waals surface area contributed by atoms with Crippen molar-refractivity contribution in [2.24, 2.45) is 4.99 Å². The molecule has 7 nitrogen and oxygen atoms in total. The number of imidazole rings is 1. The van der Waals surface area contributed by atoms with Crippen molar-refractivity contribution in [3.05, 3.63) is 64.8 Å². The molecule has 0 bridgehead atoms. The van der Waals surface area contributed by atoms with Crippen LogP contribution >= 0.6 is 11.8 Å². The summed E-state index contributed by atoms with van der Waals surface area (Å²) in [5.74, 6) is 0.832. The fraction of sp³-hybridized carbons (Fsp3) is 0.133. The number of thioether (sulfide) groups is 1. The zero-order valence-corrected chi connectivity index (χ0v) is 12.8. The van der Waals surface area contributed by atoms with E-state index in [4.69, 9.17) is 0 Å². The van der Waals surface area contributed by atoms with Gasteiger partial charge in [-0.2, -0.15) is 0 Å². The number of hydrogen-bond acceptors (Lipinski definition) is 5. The molecule has 0 aliphatic carbocycles. The molecule has 0 spiro atoms. The molecule has 1 aliphatic heterocycles. The highest BCUT2D eigenvalue weighted by atomic mass is 32.2. The number of aromatic nitrogens is 3. The minimum Gasteiger partial charge on any atom is -0.347 e. The number of non-ortho nitro benzene ring substituents is 1. The van der Waals surface area contributed by atoms with Crippen molar-refractivity contribution in [1.82, 2.24) is 14.5 Å². The largest absolute Gasteiger partial charge is 0.347 e. The molecule has 1 N–H and O–H groups in total. The molecule has 3 heterocycles. The van der Waals surface area contributed by atoms with Crippen LogP contribution in [0.1, 0.15) is 11.3 Å². The number of fused-ring (bicyclic) bond motifs is 1. The van der Waals surface area contributed by atoms with Gasteiger partial charge in [-0.05, 0) is 17.7 Å². The first kappa shape index (κ1) is 14.0. The zero-order valence-electron chi connectivity index (χ0n) is 12.0. The quantitative estimate of drug-likeness (QED) is 0.589. The molecule has 2 aromatic heterocycles. The molecule has 0 fully saturated rings. The summed E-state index contributed by atoms with van der Waals surface area (Å²) in [7, 11) is 0. The van der Waals surface area contributed by atoms with Gasteiger partial charge < -0.3 is 9.55 Å². The highest BCUT2D eigenvalue weighted by molar-refractivity contribution is 8.14. The molecule has 0 amide bonds. The summed E-state index contributed by atoms with van der Waals surface area (Å²) in [5, 5.41) is 13.1. The Hall–Kier alpha value is -2.61. The Labute approximate surface area is 135 Å². The van der Waals surface area contributed by atoms with Gasteiger partial charge in [0, 0.05) is 36.1 Å². The van der Waals surface area contributed by atoms with Crippen LogP contribution in [0.15, 0.2) is 41.9 Å². The molecular weight excluding hydrogens is 314 g/mol. The Morgan fingerprint density at radius 3 is 3.00 bits per heavy atom. The van der Waals surface area contributed by atoms with Crippen molar-refractivity contribution in [1.29, 1.82) is 0 Å². The van der Waals surface area contributed by atoms with E-state index < -0.39 is 0 Å². The van der Waals surface area contributed by atoms with Crippen molar-refractivity contribution in [3.8, 4) is 0 Å². The number of rotatable bonds is 4. The van der Waals surface area contributed by atoms with E-state index in [0.29, 0.717) is 12.1 Å². The molecule has 3 aromatic rings.